The summed E-state index contributed by atoms with van der Waals surface area (Å²) in [6.07, 6.45) is 0.650. The summed E-state index contributed by atoms with van der Waals surface area (Å²) in [5.41, 5.74) is 1.91. The number of amides is 1. The van der Waals surface area contributed by atoms with Gasteiger partial charge in [-0.15, -0.1) is 0 Å². The fourth-order valence-corrected chi connectivity index (χ4v) is 4.91. The van der Waals surface area contributed by atoms with Crippen LogP contribution in [-0.2, 0) is 14.6 Å². The van der Waals surface area contributed by atoms with Gasteiger partial charge in [-0.3, -0.25) is 9.79 Å². The predicted octanol–water partition coefficient (Wildman–Crippen LogP) is 1.20. The summed E-state index contributed by atoms with van der Waals surface area (Å²) >= 11 is 0. The monoisotopic (exact) mass is 378 g/mol. The summed E-state index contributed by atoms with van der Waals surface area (Å²) < 4.78 is 23.5. The van der Waals surface area contributed by atoms with Crippen molar-refractivity contribution in [3.8, 4) is 0 Å². The quantitative estimate of drug-likeness (QED) is 0.609. The van der Waals surface area contributed by atoms with E-state index in [4.69, 9.17) is 0 Å². The van der Waals surface area contributed by atoms with Crippen molar-refractivity contribution in [1.29, 1.82) is 0 Å². The second kappa shape index (κ2) is 6.90. The molecule has 26 heavy (non-hydrogen) atoms. The lowest BCUT2D eigenvalue weighted by Gasteiger charge is -2.39. The maximum absolute atomic E-state index is 12.2. The molecular formula is C18H26N4O3S. The molecule has 0 aliphatic carbocycles. The number of carbonyl (C=O) groups is 1. The molecule has 2 heterocycles. The molecule has 1 aromatic carbocycles. The Bertz CT molecular complexity index is 833. The molecule has 0 radical (unpaired) electrons. The highest BCUT2D eigenvalue weighted by atomic mass is 32.2. The van der Waals surface area contributed by atoms with Gasteiger partial charge >= 0.3 is 0 Å². The Morgan fingerprint density at radius 2 is 2.12 bits per heavy atom. The van der Waals surface area contributed by atoms with E-state index in [9.17, 15) is 13.2 Å². The molecule has 0 saturated carbocycles. The zero-order valence-corrected chi connectivity index (χ0v) is 16.3. The van der Waals surface area contributed by atoms with E-state index in [-0.39, 0.29) is 17.6 Å². The highest BCUT2D eigenvalue weighted by Crippen LogP contribution is 2.34. The molecule has 2 aliphatic heterocycles. The van der Waals surface area contributed by atoms with Gasteiger partial charge in [-0.2, -0.15) is 0 Å². The van der Waals surface area contributed by atoms with Crippen LogP contribution in [0.3, 0.4) is 0 Å². The molecule has 0 aromatic heterocycles. The molecule has 1 atom stereocenters. The average molecular weight is 378 g/mol. The lowest BCUT2D eigenvalue weighted by molar-refractivity contribution is -0.117. The summed E-state index contributed by atoms with van der Waals surface area (Å²) in [4.78, 5) is 18.5. The molecule has 1 unspecified atom stereocenters. The van der Waals surface area contributed by atoms with Gasteiger partial charge in [0.05, 0.1) is 16.4 Å². The van der Waals surface area contributed by atoms with E-state index in [1.165, 1.54) is 0 Å². The van der Waals surface area contributed by atoms with Crippen molar-refractivity contribution in [2.24, 2.45) is 4.99 Å². The second-order valence-electron chi connectivity index (χ2n) is 7.39. The first-order valence-electron chi connectivity index (χ1n) is 8.83. The fraction of sp³-hybridized carbons (Fsp3) is 0.556. The first-order valence-corrected chi connectivity index (χ1v) is 10.5. The summed E-state index contributed by atoms with van der Waals surface area (Å²) in [7, 11) is -1.40. The maximum Gasteiger partial charge on any atom is 0.232 e. The normalized spacial score (nSPS) is 24.1. The molecule has 3 rings (SSSR count). The number of hydrogen-bond acceptors (Lipinski definition) is 4. The molecule has 1 aromatic rings. The maximum atomic E-state index is 12.2. The van der Waals surface area contributed by atoms with E-state index in [1.807, 2.05) is 29.2 Å². The number of carbonyl (C=O) groups excluding carboxylic acids is 1. The fourth-order valence-electron chi connectivity index (χ4n) is 3.55. The predicted molar refractivity (Wildman–Crippen MR) is 103 cm³/mol. The number of anilines is 1. The van der Waals surface area contributed by atoms with Gasteiger partial charge in [-0.05, 0) is 31.9 Å². The summed E-state index contributed by atoms with van der Waals surface area (Å²) in [5, 5.41) is 6.19. The standard InChI is InChI=1S/C18H26N4O3S/c1-18(2)12-22(10-11-26(18,24)25)17(19-3)20-9-8-14-13-6-4-5-7-15(13)21-16(14)23/h4-7,14H,8-12H2,1-3H3,(H,19,20)(H,21,23). The molecule has 7 nitrogen and oxygen atoms in total. The molecule has 0 bridgehead atoms. The van der Waals surface area contributed by atoms with Gasteiger partial charge in [0, 0.05) is 32.4 Å². The minimum Gasteiger partial charge on any atom is -0.356 e. The Labute approximate surface area is 154 Å². The lowest BCUT2D eigenvalue weighted by Crippen LogP contribution is -2.57. The van der Waals surface area contributed by atoms with Crippen LogP contribution < -0.4 is 10.6 Å². The highest BCUT2D eigenvalue weighted by molar-refractivity contribution is 7.92. The van der Waals surface area contributed by atoms with Crippen molar-refractivity contribution in [1.82, 2.24) is 10.2 Å². The number of nitrogens with one attached hydrogen (secondary N) is 2. The lowest BCUT2D eigenvalue weighted by atomic mass is 9.97. The largest absolute Gasteiger partial charge is 0.356 e. The second-order valence-corrected chi connectivity index (χ2v) is 10.1. The van der Waals surface area contributed by atoms with E-state index in [2.05, 4.69) is 15.6 Å². The Hall–Kier alpha value is -2.09. The van der Waals surface area contributed by atoms with Gasteiger partial charge in [0.25, 0.3) is 0 Å². The Morgan fingerprint density at radius 3 is 2.81 bits per heavy atom. The van der Waals surface area contributed by atoms with Crippen molar-refractivity contribution in [3.05, 3.63) is 29.8 Å². The van der Waals surface area contributed by atoms with Crippen LogP contribution in [0.5, 0.6) is 0 Å². The SMILES string of the molecule is CN=C(NCCC1C(=O)Nc2ccccc21)N1CCS(=O)(=O)C(C)(C)C1. The number of rotatable bonds is 3. The number of aliphatic imine (C=N–C) groups is 1. The third-order valence-corrected chi connectivity index (χ3v) is 7.71. The topological polar surface area (TPSA) is 90.9 Å². The van der Waals surface area contributed by atoms with Crippen LogP contribution in [-0.4, -0.2) is 62.4 Å². The third-order valence-electron chi connectivity index (χ3n) is 5.18. The van der Waals surface area contributed by atoms with E-state index in [0.717, 1.165) is 11.3 Å². The van der Waals surface area contributed by atoms with Crippen molar-refractivity contribution < 1.29 is 13.2 Å². The summed E-state index contributed by atoms with van der Waals surface area (Å²) in [5.74, 6) is 0.655. The Kier molecular flexibility index (Phi) is 4.96. The van der Waals surface area contributed by atoms with Gasteiger partial charge in [0.1, 0.15) is 0 Å². The van der Waals surface area contributed by atoms with Gasteiger partial charge < -0.3 is 15.5 Å². The van der Waals surface area contributed by atoms with Crippen molar-refractivity contribution in [2.75, 3.05) is 37.8 Å². The molecule has 142 valence electrons. The molecule has 2 aliphatic rings. The van der Waals surface area contributed by atoms with E-state index in [1.54, 1.807) is 20.9 Å². The number of hydrogen-bond donors (Lipinski definition) is 2. The zero-order chi connectivity index (χ0) is 18.9. The zero-order valence-electron chi connectivity index (χ0n) is 15.4. The average Bonchev–Trinajstić information content (AvgIpc) is 2.90. The highest BCUT2D eigenvalue weighted by Gasteiger charge is 2.41. The van der Waals surface area contributed by atoms with Crippen molar-refractivity contribution in [2.45, 2.75) is 30.9 Å². The van der Waals surface area contributed by atoms with Crippen LogP contribution in [0.4, 0.5) is 5.69 Å². The number of sulfone groups is 1. The van der Waals surface area contributed by atoms with Gasteiger partial charge in [-0.25, -0.2) is 8.42 Å². The number of nitrogens with zero attached hydrogens (tertiary/aromatic N) is 2. The van der Waals surface area contributed by atoms with Crippen LogP contribution in [0.25, 0.3) is 0 Å². The Balaban J connectivity index is 1.60. The number of fused-ring (bicyclic) bond motifs is 1. The summed E-state index contributed by atoms with van der Waals surface area (Å²) in [6, 6.07) is 7.74. The number of guanidine groups is 1. The molecule has 0 spiro atoms. The smallest absolute Gasteiger partial charge is 0.232 e. The molecule has 1 fully saturated rings. The van der Waals surface area contributed by atoms with Crippen LogP contribution in [0.2, 0.25) is 0 Å². The summed E-state index contributed by atoms with van der Waals surface area (Å²) in [6.45, 7) is 4.92. The first kappa shape index (κ1) is 18.7. The first-order chi connectivity index (χ1) is 12.2. The Morgan fingerprint density at radius 1 is 1.38 bits per heavy atom. The minimum absolute atomic E-state index is 0.0215. The van der Waals surface area contributed by atoms with Crippen LogP contribution in [0, 0.1) is 0 Å². The molecule has 1 saturated heterocycles. The van der Waals surface area contributed by atoms with Crippen LogP contribution in [0.15, 0.2) is 29.3 Å². The van der Waals surface area contributed by atoms with E-state index in [0.29, 0.717) is 32.0 Å². The molecule has 1 amide bonds. The van der Waals surface area contributed by atoms with Gasteiger partial charge in [-0.1, -0.05) is 18.2 Å². The van der Waals surface area contributed by atoms with Crippen molar-refractivity contribution in [3.63, 3.8) is 0 Å². The van der Waals surface area contributed by atoms with Gasteiger partial charge in [0.2, 0.25) is 5.91 Å². The number of benzene rings is 1. The molecule has 2 N–H and O–H groups in total. The van der Waals surface area contributed by atoms with E-state index >= 15 is 0 Å². The van der Waals surface area contributed by atoms with E-state index < -0.39 is 14.6 Å². The van der Waals surface area contributed by atoms with Crippen LogP contribution in [0.1, 0.15) is 31.7 Å². The third kappa shape index (κ3) is 3.42. The van der Waals surface area contributed by atoms with Gasteiger partial charge in [0.15, 0.2) is 15.8 Å². The minimum atomic E-state index is -3.09. The molecule has 8 heteroatoms. The van der Waals surface area contributed by atoms with Crippen LogP contribution >= 0.6 is 0 Å². The molecular weight excluding hydrogens is 352 g/mol. The van der Waals surface area contributed by atoms with Crippen molar-refractivity contribution >= 4 is 27.4 Å². The number of para-hydroxylation sites is 1.